The van der Waals surface area contributed by atoms with Crippen molar-refractivity contribution in [1.82, 2.24) is 20.8 Å². The second kappa shape index (κ2) is 11.5. The number of hydrogen-bond donors (Lipinski definition) is 2. The quantitative estimate of drug-likeness (QED) is 0.210. The van der Waals surface area contributed by atoms with Gasteiger partial charge in [0.15, 0.2) is 0 Å². The molecule has 0 fully saturated rings. The lowest BCUT2D eigenvalue weighted by Gasteiger charge is -2.10. The molecule has 0 bridgehead atoms. The zero-order valence-corrected chi connectivity index (χ0v) is 22.7. The highest BCUT2D eigenvalue weighted by atomic mass is 32.1. The minimum Gasteiger partial charge on any atom is -0.488 e. The van der Waals surface area contributed by atoms with Gasteiger partial charge in [-0.15, -0.1) is 22.7 Å². The number of nitrogens with one attached hydrogen (secondary N) is 2. The molecule has 0 saturated carbocycles. The summed E-state index contributed by atoms with van der Waals surface area (Å²) in [6.45, 7) is 0.418. The molecule has 2 heterocycles. The van der Waals surface area contributed by atoms with Crippen LogP contribution in [-0.2, 0) is 6.61 Å². The molecule has 0 aliphatic rings. The summed E-state index contributed by atoms with van der Waals surface area (Å²) in [5, 5.41) is 6.84. The summed E-state index contributed by atoms with van der Waals surface area (Å²) in [7, 11) is 0. The second-order valence-corrected chi connectivity index (χ2v) is 10.5. The van der Waals surface area contributed by atoms with Gasteiger partial charge in [0.1, 0.15) is 33.8 Å². The number of fused-ring (bicyclic) bond motifs is 1. The highest BCUT2D eigenvalue weighted by molar-refractivity contribution is 7.13. The van der Waals surface area contributed by atoms with Crippen LogP contribution in [0.15, 0.2) is 108 Å². The highest BCUT2D eigenvalue weighted by Crippen LogP contribution is 2.33. The first kappa shape index (κ1) is 25.4. The lowest BCUT2D eigenvalue weighted by molar-refractivity contribution is 0.0842. The van der Waals surface area contributed by atoms with Gasteiger partial charge in [-0.1, -0.05) is 84.9 Å². The Morgan fingerprint density at radius 3 is 1.98 bits per heavy atom. The lowest BCUT2D eigenvalue weighted by Crippen LogP contribution is -2.41. The van der Waals surface area contributed by atoms with E-state index in [0.29, 0.717) is 17.4 Å². The van der Waals surface area contributed by atoms with E-state index >= 15 is 0 Å². The van der Waals surface area contributed by atoms with Crippen LogP contribution in [0.1, 0.15) is 26.5 Å². The Balaban J connectivity index is 1.11. The number of amides is 2. The van der Waals surface area contributed by atoms with E-state index in [1.54, 1.807) is 10.8 Å². The van der Waals surface area contributed by atoms with Crippen LogP contribution in [0.5, 0.6) is 5.75 Å². The van der Waals surface area contributed by atoms with Crippen molar-refractivity contribution < 1.29 is 14.3 Å². The van der Waals surface area contributed by atoms with Crippen LogP contribution < -0.4 is 15.6 Å². The third kappa shape index (κ3) is 5.47. The molecule has 4 aromatic carbocycles. The predicted octanol–water partition coefficient (Wildman–Crippen LogP) is 6.74. The zero-order chi connectivity index (χ0) is 27.3. The van der Waals surface area contributed by atoms with Crippen molar-refractivity contribution in [1.29, 1.82) is 0 Å². The summed E-state index contributed by atoms with van der Waals surface area (Å²) < 4.78 is 6.04. The van der Waals surface area contributed by atoms with E-state index in [1.807, 2.05) is 97.1 Å². The summed E-state index contributed by atoms with van der Waals surface area (Å²) in [5.41, 5.74) is 8.08. The van der Waals surface area contributed by atoms with Crippen LogP contribution in [0.2, 0.25) is 0 Å². The first-order valence-electron chi connectivity index (χ1n) is 12.4. The maximum absolute atomic E-state index is 12.8. The van der Waals surface area contributed by atoms with Gasteiger partial charge in [-0.3, -0.25) is 20.4 Å². The SMILES string of the molecule is O=C(NNC(=O)c1csc(-c2cccc3ccccc23)n1)c1csc(-c2ccccc2OCc2ccccc2)n1. The summed E-state index contributed by atoms with van der Waals surface area (Å²) in [4.78, 5) is 34.5. The number of hydrazine groups is 1. The zero-order valence-electron chi connectivity index (χ0n) is 21.0. The van der Waals surface area contributed by atoms with Crippen molar-refractivity contribution in [2.24, 2.45) is 0 Å². The predicted molar refractivity (Wildman–Crippen MR) is 158 cm³/mol. The van der Waals surface area contributed by atoms with E-state index in [-0.39, 0.29) is 11.4 Å². The maximum atomic E-state index is 12.8. The molecule has 6 aromatic rings. The van der Waals surface area contributed by atoms with Crippen LogP contribution in [0.4, 0.5) is 0 Å². The number of rotatable bonds is 7. The van der Waals surface area contributed by atoms with E-state index in [4.69, 9.17) is 4.74 Å². The first-order chi connectivity index (χ1) is 19.7. The molecule has 9 heteroatoms. The maximum Gasteiger partial charge on any atom is 0.289 e. The van der Waals surface area contributed by atoms with Crippen molar-refractivity contribution in [3.8, 4) is 26.9 Å². The highest BCUT2D eigenvalue weighted by Gasteiger charge is 2.17. The average Bonchev–Trinajstić information content (AvgIpc) is 3.70. The number of hydrogen-bond acceptors (Lipinski definition) is 7. The van der Waals surface area contributed by atoms with Gasteiger partial charge in [-0.2, -0.15) is 0 Å². The Hall–Kier alpha value is -4.86. The van der Waals surface area contributed by atoms with Crippen LogP contribution in [-0.4, -0.2) is 21.8 Å². The molecule has 0 aliphatic carbocycles. The fraction of sp³-hybridized carbons (Fsp3) is 0.0323. The molecular formula is C31H22N4O3S2. The van der Waals surface area contributed by atoms with Gasteiger partial charge in [0.25, 0.3) is 11.8 Å². The molecule has 2 N–H and O–H groups in total. The van der Waals surface area contributed by atoms with Crippen LogP contribution in [0.25, 0.3) is 31.9 Å². The Morgan fingerprint density at radius 2 is 1.23 bits per heavy atom. The molecule has 0 saturated heterocycles. The molecule has 40 heavy (non-hydrogen) atoms. The Labute approximate surface area is 238 Å². The number of thiazole rings is 2. The van der Waals surface area contributed by atoms with E-state index < -0.39 is 11.8 Å². The van der Waals surface area contributed by atoms with Crippen molar-refractivity contribution in [3.63, 3.8) is 0 Å². The second-order valence-electron chi connectivity index (χ2n) is 8.78. The van der Waals surface area contributed by atoms with E-state index in [9.17, 15) is 9.59 Å². The van der Waals surface area contributed by atoms with Crippen molar-refractivity contribution in [2.45, 2.75) is 6.61 Å². The molecule has 2 amide bonds. The van der Waals surface area contributed by atoms with Gasteiger partial charge < -0.3 is 4.74 Å². The van der Waals surface area contributed by atoms with Crippen LogP contribution in [0, 0.1) is 0 Å². The van der Waals surface area contributed by atoms with Crippen molar-refractivity contribution >= 4 is 45.3 Å². The number of carbonyl (C=O) groups is 2. The number of para-hydroxylation sites is 1. The average molecular weight is 563 g/mol. The topological polar surface area (TPSA) is 93.2 Å². The van der Waals surface area contributed by atoms with Crippen molar-refractivity contribution in [3.05, 3.63) is 125 Å². The minimum absolute atomic E-state index is 0.188. The monoisotopic (exact) mass is 562 g/mol. The third-order valence-corrected chi connectivity index (χ3v) is 7.89. The number of ether oxygens (including phenoxy) is 1. The number of nitrogens with zero attached hydrogens (tertiary/aromatic N) is 2. The van der Waals surface area contributed by atoms with Gasteiger partial charge in [0, 0.05) is 16.3 Å². The molecule has 6 rings (SSSR count). The number of carbonyl (C=O) groups excluding carboxylic acids is 2. The fourth-order valence-electron chi connectivity index (χ4n) is 4.16. The van der Waals surface area contributed by atoms with E-state index in [2.05, 4.69) is 20.8 Å². The van der Waals surface area contributed by atoms with E-state index in [1.165, 1.54) is 22.7 Å². The lowest BCUT2D eigenvalue weighted by atomic mass is 10.1. The Kier molecular flexibility index (Phi) is 7.30. The summed E-state index contributed by atoms with van der Waals surface area (Å²) >= 11 is 2.70. The largest absolute Gasteiger partial charge is 0.488 e. The molecule has 2 aromatic heterocycles. The Morgan fingerprint density at radius 1 is 0.650 bits per heavy atom. The molecule has 0 spiro atoms. The van der Waals surface area contributed by atoms with Gasteiger partial charge in [0.05, 0.1) is 5.56 Å². The summed E-state index contributed by atoms with van der Waals surface area (Å²) in [6.07, 6.45) is 0. The molecule has 196 valence electrons. The van der Waals surface area contributed by atoms with Gasteiger partial charge >= 0.3 is 0 Å². The number of benzene rings is 4. The third-order valence-electron chi connectivity index (χ3n) is 6.14. The normalized spacial score (nSPS) is 10.8. The van der Waals surface area contributed by atoms with Gasteiger partial charge in [-0.05, 0) is 28.5 Å². The van der Waals surface area contributed by atoms with Crippen LogP contribution in [0.3, 0.4) is 0 Å². The first-order valence-corrected chi connectivity index (χ1v) is 14.2. The minimum atomic E-state index is -0.525. The van der Waals surface area contributed by atoms with Crippen LogP contribution >= 0.6 is 22.7 Å². The summed E-state index contributed by atoms with van der Waals surface area (Å²) in [6, 6.07) is 31.5. The number of aromatic nitrogens is 2. The Bertz CT molecular complexity index is 1810. The molecule has 0 unspecified atom stereocenters. The molecule has 0 radical (unpaired) electrons. The molecule has 0 aliphatic heterocycles. The molecule has 7 nitrogen and oxygen atoms in total. The van der Waals surface area contributed by atoms with Gasteiger partial charge in [-0.25, -0.2) is 9.97 Å². The summed E-state index contributed by atoms with van der Waals surface area (Å²) in [5.74, 6) is -0.360. The fourth-order valence-corrected chi connectivity index (χ4v) is 5.83. The van der Waals surface area contributed by atoms with Crippen molar-refractivity contribution in [2.75, 3.05) is 0 Å². The van der Waals surface area contributed by atoms with E-state index in [0.717, 1.165) is 32.5 Å². The smallest absolute Gasteiger partial charge is 0.289 e. The standard InChI is InChI=1S/C31H22N4O3S2/c36-28(25-18-39-30(32-25)23-15-8-12-21-11-4-5-13-22(21)23)34-35-29(37)26-19-40-31(33-26)24-14-6-7-16-27(24)38-17-20-9-2-1-3-10-20/h1-16,18-19H,17H2,(H,34,36)(H,35,37). The molecule has 0 atom stereocenters. The van der Waals surface area contributed by atoms with Gasteiger partial charge in [0.2, 0.25) is 0 Å². The molecular weight excluding hydrogens is 541 g/mol.